The molecule has 9 heavy (non-hydrogen) atoms. The summed E-state index contributed by atoms with van der Waals surface area (Å²) in [4.78, 5) is 2.47. The summed E-state index contributed by atoms with van der Waals surface area (Å²) in [5.74, 6) is 4.93. The molecule has 2 saturated heterocycles. The Morgan fingerprint density at radius 3 is 2.33 bits per heavy atom. The highest BCUT2D eigenvalue weighted by molar-refractivity contribution is 7.99. The van der Waals surface area contributed by atoms with E-state index in [9.17, 15) is 0 Å². The van der Waals surface area contributed by atoms with Crippen molar-refractivity contribution < 1.29 is 0 Å². The van der Waals surface area contributed by atoms with Crippen LogP contribution in [0.5, 0.6) is 0 Å². The molecule has 0 unspecified atom stereocenters. The molecule has 0 amide bonds. The second-order valence-corrected chi connectivity index (χ2v) is 4.35. The van der Waals surface area contributed by atoms with Crippen LogP contribution in [-0.2, 0) is 0 Å². The van der Waals surface area contributed by atoms with Crippen molar-refractivity contribution in [1.82, 2.24) is 4.90 Å². The molecular formula is C7H13NS. The zero-order valence-electron chi connectivity index (χ0n) is 5.84. The Kier molecular flexibility index (Phi) is 1.46. The van der Waals surface area contributed by atoms with Gasteiger partial charge in [-0.3, -0.25) is 0 Å². The Hall–Kier alpha value is 0.310. The van der Waals surface area contributed by atoms with Gasteiger partial charge in [-0.05, 0) is 30.4 Å². The smallest absolute Gasteiger partial charge is 0.00181 e. The Morgan fingerprint density at radius 2 is 1.78 bits per heavy atom. The molecule has 0 bridgehead atoms. The largest absolute Gasteiger partial charge is 0.306 e. The minimum atomic E-state index is 1.04. The SMILES string of the molecule is CN1C[C@H]2CSC[C@H]2C1. The lowest BCUT2D eigenvalue weighted by Crippen LogP contribution is -2.15. The molecule has 2 rings (SSSR count). The van der Waals surface area contributed by atoms with Crippen molar-refractivity contribution in [2.45, 2.75) is 0 Å². The third-order valence-electron chi connectivity index (χ3n) is 2.42. The number of thioether (sulfide) groups is 1. The van der Waals surface area contributed by atoms with E-state index in [1.54, 1.807) is 0 Å². The van der Waals surface area contributed by atoms with E-state index in [0.717, 1.165) is 11.8 Å². The van der Waals surface area contributed by atoms with Crippen LogP contribution in [0.3, 0.4) is 0 Å². The van der Waals surface area contributed by atoms with E-state index in [1.807, 2.05) is 0 Å². The first-order valence-corrected chi connectivity index (χ1v) is 4.78. The molecule has 2 heterocycles. The fourth-order valence-electron chi connectivity index (χ4n) is 1.92. The molecule has 2 aliphatic heterocycles. The monoisotopic (exact) mass is 143 g/mol. The Balaban J connectivity index is 2.02. The molecule has 0 N–H and O–H groups in total. The summed E-state index contributed by atoms with van der Waals surface area (Å²) >= 11 is 2.14. The number of nitrogens with zero attached hydrogens (tertiary/aromatic N) is 1. The Labute approximate surface area is 60.8 Å². The highest BCUT2D eigenvalue weighted by Gasteiger charge is 2.34. The summed E-state index contributed by atoms with van der Waals surface area (Å²) in [7, 11) is 2.24. The molecule has 2 aliphatic rings. The summed E-state index contributed by atoms with van der Waals surface area (Å²) in [6.07, 6.45) is 0. The summed E-state index contributed by atoms with van der Waals surface area (Å²) in [6.45, 7) is 2.72. The molecule has 0 aromatic carbocycles. The highest BCUT2D eigenvalue weighted by atomic mass is 32.2. The predicted octanol–water partition coefficient (Wildman–Crippen LogP) is 0.911. The van der Waals surface area contributed by atoms with Gasteiger partial charge in [0.1, 0.15) is 0 Å². The van der Waals surface area contributed by atoms with Crippen LogP contribution in [0.4, 0.5) is 0 Å². The van der Waals surface area contributed by atoms with E-state index in [4.69, 9.17) is 0 Å². The predicted molar refractivity (Wildman–Crippen MR) is 41.8 cm³/mol. The van der Waals surface area contributed by atoms with Crippen LogP contribution in [0.15, 0.2) is 0 Å². The quantitative estimate of drug-likeness (QED) is 0.496. The second-order valence-electron chi connectivity index (χ2n) is 3.28. The molecule has 0 aliphatic carbocycles. The lowest BCUT2D eigenvalue weighted by atomic mass is 10.0. The molecule has 1 nitrogen and oxygen atoms in total. The molecule has 0 spiro atoms. The van der Waals surface area contributed by atoms with E-state index in [0.29, 0.717) is 0 Å². The molecule has 0 aromatic heterocycles. The maximum Gasteiger partial charge on any atom is 0.00181 e. The van der Waals surface area contributed by atoms with Gasteiger partial charge in [0, 0.05) is 13.1 Å². The van der Waals surface area contributed by atoms with Crippen LogP contribution >= 0.6 is 11.8 Å². The van der Waals surface area contributed by atoms with Crippen LogP contribution in [0.2, 0.25) is 0 Å². The standard InChI is InChI=1S/C7H13NS/c1-8-2-6-4-9-5-7(6)3-8/h6-7H,2-5H2,1H3/t6-,7+. The maximum absolute atomic E-state index is 2.47. The van der Waals surface area contributed by atoms with Gasteiger partial charge in [-0.2, -0.15) is 11.8 Å². The van der Waals surface area contributed by atoms with E-state index in [2.05, 4.69) is 23.7 Å². The average molecular weight is 143 g/mol. The van der Waals surface area contributed by atoms with Gasteiger partial charge in [0.05, 0.1) is 0 Å². The van der Waals surface area contributed by atoms with Gasteiger partial charge in [-0.1, -0.05) is 0 Å². The summed E-state index contributed by atoms with van der Waals surface area (Å²) in [6, 6.07) is 0. The molecule has 2 fully saturated rings. The van der Waals surface area contributed by atoms with Gasteiger partial charge in [-0.25, -0.2) is 0 Å². The number of hydrogen-bond donors (Lipinski definition) is 0. The van der Waals surface area contributed by atoms with E-state index in [-0.39, 0.29) is 0 Å². The third-order valence-corrected chi connectivity index (χ3v) is 3.75. The molecular weight excluding hydrogens is 130 g/mol. The zero-order valence-corrected chi connectivity index (χ0v) is 6.66. The normalized spacial score (nSPS) is 43.7. The molecule has 2 heteroatoms. The Bertz CT molecular complexity index is 103. The van der Waals surface area contributed by atoms with Crippen molar-refractivity contribution in [2.75, 3.05) is 31.6 Å². The highest BCUT2D eigenvalue weighted by Crippen LogP contribution is 2.34. The van der Waals surface area contributed by atoms with Crippen molar-refractivity contribution in [3.63, 3.8) is 0 Å². The van der Waals surface area contributed by atoms with Crippen molar-refractivity contribution in [1.29, 1.82) is 0 Å². The topological polar surface area (TPSA) is 3.24 Å². The van der Waals surface area contributed by atoms with Crippen LogP contribution in [0.25, 0.3) is 0 Å². The fraction of sp³-hybridized carbons (Fsp3) is 1.00. The van der Waals surface area contributed by atoms with Crippen molar-refractivity contribution in [3.05, 3.63) is 0 Å². The van der Waals surface area contributed by atoms with Gasteiger partial charge in [-0.15, -0.1) is 0 Å². The molecule has 0 saturated carbocycles. The number of likely N-dealkylation sites (tertiary alicyclic amines) is 1. The average Bonchev–Trinajstić information content (AvgIpc) is 2.22. The fourth-order valence-corrected chi connectivity index (χ4v) is 3.42. The van der Waals surface area contributed by atoms with Crippen LogP contribution in [0, 0.1) is 11.8 Å². The number of rotatable bonds is 0. The van der Waals surface area contributed by atoms with Crippen LogP contribution in [-0.4, -0.2) is 36.5 Å². The second kappa shape index (κ2) is 2.17. The van der Waals surface area contributed by atoms with Gasteiger partial charge in [0.2, 0.25) is 0 Å². The van der Waals surface area contributed by atoms with Gasteiger partial charge < -0.3 is 4.90 Å². The van der Waals surface area contributed by atoms with E-state index >= 15 is 0 Å². The zero-order chi connectivity index (χ0) is 6.27. The van der Waals surface area contributed by atoms with E-state index < -0.39 is 0 Å². The summed E-state index contributed by atoms with van der Waals surface area (Å²) in [5, 5.41) is 0. The lowest BCUT2D eigenvalue weighted by Gasteiger charge is -2.06. The van der Waals surface area contributed by atoms with Gasteiger partial charge in [0.25, 0.3) is 0 Å². The van der Waals surface area contributed by atoms with Crippen molar-refractivity contribution in [3.8, 4) is 0 Å². The van der Waals surface area contributed by atoms with Crippen LogP contribution < -0.4 is 0 Å². The minimum Gasteiger partial charge on any atom is -0.306 e. The molecule has 0 radical (unpaired) electrons. The van der Waals surface area contributed by atoms with Gasteiger partial charge in [0.15, 0.2) is 0 Å². The number of hydrogen-bond acceptors (Lipinski definition) is 2. The molecule has 0 aromatic rings. The summed E-state index contributed by atoms with van der Waals surface area (Å²) < 4.78 is 0. The first kappa shape index (κ1) is 6.05. The minimum absolute atomic E-state index is 1.04. The maximum atomic E-state index is 2.47. The molecule has 2 atom stereocenters. The first-order valence-electron chi connectivity index (χ1n) is 3.62. The van der Waals surface area contributed by atoms with Gasteiger partial charge >= 0.3 is 0 Å². The van der Waals surface area contributed by atoms with Crippen molar-refractivity contribution >= 4 is 11.8 Å². The third kappa shape index (κ3) is 0.987. The number of fused-ring (bicyclic) bond motifs is 1. The lowest BCUT2D eigenvalue weighted by molar-refractivity contribution is 0.398. The first-order chi connectivity index (χ1) is 4.36. The van der Waals surface area contributed by atoms with E-state index in [1.165, 1.54) is 24.6 Å². The Morgan fingerprint density at radius 1 is 1.22 bits per heavy atom. The van der Waals surface area contributed by atoms with Crippen molar-refractivity contribution in [2.24, 2.45) is 11.8 Å². The molecule has 52 valence electrons. The van der Waals surface area contributed by atoms with Crippen LogP contribution in [0.1, 0.15) is 0 Å². The summed E-state index contributed by atoms with van der Waals surface area (Å²) in [5.41, 5.74) is 0.